The summed E-state index contributed by atoms with van der Waals surface area (Å²) in [6, 6.07) is 12.2. The summed E-state index contributed by atoms with van der Waals surface area (Å²) in [4.78, 5) is 23.9. The maximum atomic E-state index is 12.5. The predicted molar refractivity (Wildman–Crippen MR) is 124 cm³/mol. The van der Waals surface area contributed by atoms with E-state index in [-0.39, 0.29) is 5.91 Å². The van der Waals surface area contributed by atoms with E-state index in [9.17, 15) is 4.79 Å². The maximum Gasteiger partial charge on any atom is 0.289 e. The third-order valence-corrected chi connectivity index (χ3v) is 5.64. The fourth-order valence-electron chi connectivity index (χ4n) is 3.80. The minimum absolute atomic E-state index is 0.0448. The number of furan rings is 1. The van der Waals surface area contributed by atoms with Crippen molar-refractivity contribution in [3.8, 4) is 0 Å². The van der Waals surface area contributed by atoms with Crippen molar-refractivity contribution in [3.63, 3.8) is 0 Å². The first kappa shape index (κ1) is 22.9. The molecule has 1 fully saturated rings. The van der Waals surface area contributed by atoms with Crippen molar-refractivity contribution in [2.75, 3.05) is 45.8 Å². The van der Waals surface area contributed by atoms with Gasteiger partial charge in [-0.2, -0.15) is 0 Å². The normalized spacial score (nSPS) is 14.9. The van der Waals surface area contributed by atoms with Crippen LogP contribution >= 0.6 is 0 Å². The number of benzene rings is 1. The van der Waals surface area contributed by atoms with E-state index in [0.717, 1.165) is 45.2 Å². The van der Waals surface area contributed by atoms with E-state index >= 15 is 0 Å². The lowest BCUT2D eigenvalue weighted by molar-refractivity contribution is 0.0657. The van der Waals surface area contributed by atoms with Gasteiger partial charge < -0.3 is 19.5 Å². The number of aliphatic imine (C=N–C) groups is 1. The molecular weight excluding hydrogens is 390 g/mol. The Bertz CT molecular complexity index is 837. The van der Waals surface area contributed by atoms with Gasteiger partial charge in [-0.1, -0.05) is 38.1 Å². The molecule has 168 valence electrons. The van der Waals surface area contributed by atoms with Crippen LogP contribution in [0.3, 0.4) is 0 Å². The van der Waals surface area contributed by atoms with Crippen LogP contribution < -0.4 is 5.32 Å². The van der Waals surface area contributed by atoms with Crippen molar-refractivity contribution in [1.82, 2.24) is 20.0 Å². The van der Waals surface area contributed by atoms with Crippen LogP contribution in [0.15, 0.2) is 52.1 Å². The zero-order valence-electron chi connectivity index (χ0n) is 19.0. The van der Waals surface area contributed by atoms with Crippen molar-refractivity contribution in [3.05, 3.63) is 59.5 Å². The quantitative estimate of drug-likeness (QED) is 0.520. The lowest BCUT2D eigenvalue weighted by atomic mass is 10.1. The van der Waals surface area contributed by atoms with Crippen molar-refractivity contribution in [2.24, 2.45) is 4.99 Å². The van der Waals surface area contributed by atoms with Crippen molar-refractivity contribution >= 4 is 11.9 Å². The molecule has 1 N–H and O–H groups in total. The van der Waals surface area contributed by atoms with E-state index in [1.807, 2.05) is 4.90 Å². The Balaban J connectivity index is 1.60. The minimum atomic E-state index is -0.0448. The summed E-state index contributed by atoms with van der Waals surface area (Å²) in [5.74, 6) is 1.26. The monoisotopic (exact) mass is 425 g/mol. The third-order valence-electron chi connectivity index (χ3n) is 5.64. The van der Waals surface area contributed by atoms with Crippen LogP contribution in [0.4, 0.5) is 0 Å². The van der Waals surface area contributed by atoms with Gasteiger partial charge in [-0.15, -0.1) is 0 Å². The van der Waals surface area contributed by atoms with Gasteiger partial charge in [-0.05, 0) is 43.3 Å². The van der Waals surface area contributed by atoms with Gasteiger partial charge in [0.05, 0.1) is 12.8 Å². The molecule has 1 aromatic heterocycles. The molecule has 0 aliphatic carbocycles. The zero-order valence-corrected chi connectivity index (χ0v) is 19.0. The average molecular weight is 426 g/mol. The molecule has 7 heteroatoms. The van der Waals surface area contributed by atoms with Gasteiger partial charge in [0.15, 0.2) is 11.7 Å². The van der Waals surface area contributed by atoms with Crippen LogP contribution in [-0.4, -0.2) is 72.4 Å². The molecule has 1 aromatic carbocycles. The van der Waals surface area contributed by atoms with E-state index in [0.29, 0.717) is 25.4 Å². The second kappa shape index (κ2) is 11.6. The summed E-state index contributed by atoms with van der Waals surface area (Å²) in [5, 5.41) is 3.41. The molecule has 7 nitrogen and oxygen atoms in total. The summed E-state index contributed by atoms with van der Waals surface area (Å²) in [6.07, 6.45) is 1.54. The molecule has 2 heterocycles. The molecule has 0 bridgehead atoms. The van der Waals surface area contributed by atoms with Gasteiger partial charge in [0.25, 0.3) is 5.91 Å². The highest BCUT2D eigenvalue weighted by atomic mass is 16.3. The van der Waals surface area contributed by atoms with E-state index in [4.69, 9.17) is 9.41 Å². The molecule has 1 aliphatic rings. The SMILES string of the molecule is CCNC(=NCc1cccc(CN(CC)CC)c1)N1CCN(C(=O)c2ccco2)CC1. The molecule has 1 amide bonds. The standard InChI is InChI=1S/C24H35N5O2/c1-4-25-24(26-18-20-9-7-10-21(17-20)19-27(5-2)6-3)29-14-12-28(13-15-29)23(30)22-11-8-16-31-22/h7-11,16-17H,4-6,12-15,18-19H2,1-3H3,(H,25,26). The van der Waals surface area contributed by atoms with Crippen LogP contribution in [0.2, 0.25) is 0 Å². The molecule has 31 heavy (non-hydrogen) atoms. The molecule has 1 saturated heterocycles. The van der Waals surface area contributed by atoms with Crippen molar-refractivity contribution in [2.45, 2.75) is 33.9 Å². The average Bonchev–Trinajstić information content (AvgIpc) is 3.35. The Morgan fingerprint density at radius 2 is 1.74 bits per heavy atom. The maximum absolute atomic E-state index is 12.5. The number of hydrogen-bond donors (Lipinski definition) is 1. The Labute approximate surface area is 185 Å². The summed E-state index contributed by atoms with van der Waals surface area (Å²) < 4.78 is 5.25. The first-order chi connectivity index (χ1) is 15.1. The second-order valence-electron chi connectivity index (χ2n) is 7.71. The minimum Gasteiger partial charge on any atom is -0.459 e. The summed E-state index contributed by atoms with van der Waals surface area (Å²) in [6.45, 7) is 13.8. The third kappa shape index (κ3) is 6.34. The van der Waals surface area contributed by atoms with Gasteiger partial charge in [-0.3, -0.25) is 9.69 Å². The fourth-order valence-corrected chi connectivity index (χ4v) is 3.80. The number of amides is 1. The Kier molecular flexibility index (Phi) is 8.53. The number of nitrogens with one attached hydrogen (secondary N) is 1. The molecular formula is C24H35N5O2. The molecule has 3 rings (SSSR count). The number of nitrogens with zero attached hydrogens (tertiary/aromatic N) is 4. The van der Waals surface area contributed by atoms with Crippen LogP contribution in [0.5, 0.6) is 0 Å². The number of hydrogen-bond acceptors (Lipinski definition) is 4. The highest BCUT2D eigenvalue weighted by molar-refractivity contribution is 5.91. The molecule has 0 atom stereocenters. The predicted octanol–water partition coefficient (Wildman–Crippen LogP) is 3.04. The van der Waals surface area contributed by atoms with E-state index in [2.05, 4.69) is 60.2 Å². The summed E-state index contributed by atoms with van der Waals surface area (Å²) >= 11 is 0. The highest BCUT2D eigenvalue weighted by Crippen LogP contribution is 2.12. The van der Waals surface area contributed by atoms with E-state index in [1.54, 1.807) is 12.1 Å². The number of guanidine groups is 1. The lowest BCUT2D eigenvalue weighted by Gasteiger charge is -2.36. The van der Waals surface area contributed by atoms with E-state index < -0.39 is 0 Å². The highest BCUT2D eigenvalue weighted by Gasteiger charge is 2.25. The summed E-state index contributed by atoms with van der Waals surface area (Å²) in [7, 11) is 0. The fraction of sp³-hybridized carbons (Fsp3) is 0.500. The second-order valence-corrected chi connectivity index (χ2v) is 7.71. The van der Waals surface area contributed by atoms with Crippen LogP contribution in [-0.2, 0) is 13.1 Å². The zero-order chi connectivity index (χ0) is 22.1. The summed E-state index contributed by atoms with van der Waals surface area (Å²) in [5.41, 5.74) is 2.54. The Hall–Kier alpha value is -2.80. The van der Waals surface area contributed by atoms with E-state index in [1.165, 1.54) is 17.4 Å². The molecule has 0 spiro atoms. The number of carbonyl (C=O) groups is 1. The number of piperazine rings is 1. The van der Waals surface area contributed by atoms with Crippen LogP contribution in [0.1, 0.15) is 42.5 Å². The molecule has 0 radical (unpaired) electrons. The number of rotatable bonds is 8. The molecule has 1 aliphatic heterocycles. The van der Waals surface area contributed by atoms with Gasteiger partial charge in [0.1, 0.15) is 0 Å². The van der Waals surface area contributed by atoms with Crippen LogP contribution in [0.25, 0.3) is 0 Å². The molecule has 2 aromatic rings. The Morgan fingerprint density at radius 3 is 2.39 bits per heavy atom. The Morgan fingerprint density at radius 1 is 1.03 bits per heavy atom. The molecule has 0 unspecified atom stereocenters. The first-order valence-electron chi connectivity index (χ1n) is 11.3. The molecule has 0 saturated carbocycles. The van der Waals surface area contributed by atoms with Gasteiger partial charge in [-0.25, -0.2) is 4.99 Å². The van der Waals surface area contributed by atoms with Gasteiger partial charge in [0, 0.05) is 39.3 Å². The number of carbonyl (C=O) groups excluding carboxylic acids is 1. The van der Waals surface area contributed by atoms with Crippen LogP contribution in [0, 0.1) is 0 Å². The smallest absolute Gasteiger partial charge is 0.289 e. The lowest BCUT2D eigenvalue weighted by Crippen LogP contribution is -2.53. The van der Waals surface area contributed by atoms with Crippen molar-refractivity contribution in [1.29, 1.82) is 0 Å². The topological polar surface area (TPSA) is 64.3 Å². The first-order valence-corrected chi connectivity index (χ1v) is 11.3. The van der Waals surface area contributed by atoms with Gasteiger partial charge in [0.2, 0.25) is 0 Å². The van der Waals surface area contributed by atoms with Crippen molar-refractivity contribution < 1.29 is 9.21 Å². The van der Waals surface area contributed by atoms with Gasteiger partial charge >= 0.3 is 0 Å². The largest absolute Gasteiger partial charge is 0.459 e.